The molecule has 2 aliphatic heterocycles. The Balaban J connectivity index is 1.26. The minimum absolute atomic E-state index is 0.0159. The second kappa shape index (κ2) is 8.63. The number of nitrogens with one attached hydrogen (secondary N) is 2. The Morgan fingerprint density at radius 2 is 1.70 bits per heavy atom. The molecule has 2 N–H and O–H groups in total. The molecule has 4 heterocycles. The van der Waals surface area contributed by atoms with Gasteiger partial charge in [-0.05, 0) is 47.4 Å². The van der Waals surface area contributed by atoms with E-state index in [1.165, 1.54) is 0 Å². The van der Waals surface area contributed by atoms with Crippen LogP contribution >= 0.6 is 15.9 Å². The van der Waals surface area contributed by atoms with Crippen LogP contribution in [0, 0.1) is 0 Å². The third-order valence-corrected chi connectivity index (χ3v) is 8.33. The molecule has 2 atom stereocenters. The van der Waals surface area contributed by atoms with Crippen molar-refractivity contribution in [1.29, 1.82) is 0 Å². The molecule has 0 bridgehead atoms. The van der Waals surface area contributed by atoms with Crippen LogP contribution in [0.15, 0.2) is 83.5 Å². The van der Waals surface area contributed by atoms with E-state index in [1.54, 1.807) is 4.90 Å². The maximum absolute atomic E-state index is 13.9. The van der Waals surface area contributed by atoms with Crippen molar-refractivity contribution in [2.24, 2.45) is 0 Å². The van der Waals surface area contributed by atoms with Gasteiger partial charge >= 0.3 is 0 Å². The highest BCUT2D eigenvalue weighted by atomic mass is 79.9. The lowest BCUT2D eigenvalue weighted by Crippen LogP contribution is -2.63. The fraction of sp³-hybridized carbons (Fsp3) is 0.200. The van der Waals surface area contributed by atoms with Gasteiger partial charge in [-0.2, -0.15) is 0 Å². The molecule has 2 aliphatic rings. The third kappa shape index (κ3) is 3.60. The zero-order chi connectivity index (χ0) is 25.1. The van der Waals surface area contributed by atoms with Crippen molar-refractivity contribution in [3.63, 3.8) is 0 Å². The number of hydrogen-bond donors (Lipinski definition) is 2. The number of rotatable bonds is 4. The van der Waals surface area contributed by atoms with Crippen LogP contribution < -0.4 is 0 Å². The molecule has 1 fully saturated rings. The Bertz CT molecular complexity index is 1690. The summed E-state index contributed by atoms with van der Waals surface area (Å²) in [5.74, 6) is 0.00757. The summed E-state index contributed by atoms with van der Waals surface area (Å²) in [6.07, 6.45) is 3.22. The molecule has 2 amide bonds. The number of carbonyl (C=O) groups excluding carboxylic acids is 2. The summed E-state index contributed by atoms with van der Waals surface area (Å²) >= 11 is 3.59. The van der Waals surface area contributed by atoms with Gasteiger partial charge in [0.2, 0.25) is 11.8 Å². The van der Waals surface area contributed by atoms with E-state index in [0.29, 0.717) is 19.4 Å². The van der Waals surface area contributed by atoms with E-state index in [0.717, 1.165) is 48.7 Å². The molecular formula is C30H25BrN4O2. The van der Waals surface area contributed by atoms with Gasteiger partial charge in [0.05, 0.1) is 12.6 Å². The minimum atomic E-state index is -0.528. The molecule has 5 aromatic rings. The lowest BCUT2D eigenvalue weighted by molar-refractivity contribution is -0.158. The molecule has 37 heavy (non-hydrogen) atoms. The van der Waals surface area contributed by atoms with E-state index in [1.807, 2.05) is 59.6 Å². The molecule has 2 unspecified atom stereocenters. The summed E-state index contributed by atoms with van der Waals surface area (Å²) in [6.45, 7) is 0.608. The number of nitrogens with zero attached hydrogens (tertiary/aromatic N) is 2. The van der Waals surface area contributed by atoms with E-state index in [-0.39, 0.29) is 24.4 Å². The molecule has 3 aromatic carbocycles. The second-order valence-electron chi connectivity index (χ2n) is 9.91. The average Bonchev–Trinajstić information content (AvgIpc) is 3.50. The van der Waals surface area contributed by atoms with Gasteiger partial charge < -0.3 is 19.8 Å². The summed E-state index contributed by atoms with van der Waals surface area (Å²) in [6, 6.07) is 23.5. The van der Waals surface area contributed by atoms with Crippen molar-refractivity contribution in [1.82, 2.24) is 19.8 Å². The normalized spacial score (nSPS) is 19.5. The average molecular weight is 553 g/mol. The van der Waals surface area contributed by atoms with Crippen molar-refractivity contribution in [2.75, 3.05) is 13.1 Å². The van der Waals surface area contributed by atoms with Crippen LogP contribution in [0.1, 0.15) is 28.4 Å². The molecular weight excluding hydrogens is 528 g/mol. The number of halogens is 1. The van der Waals surface area contributed by atoms with Crippen LogP contribution in [0.3, 0.4) is 0 Å². The number of aromatic amines is 2. The zero-order valence-electron chi connectivity index (χ0n) is 20.1. The summed E-state index contributed by atoms with van der Waals surface area (Å²) in [4.78, 5) is 38.2. The maximum Gasteiger partial charge on any atom is 0.246 e. The van der Waals surface area contributed by atoms with Crippen molar-refractivity contribution < 1.29 is 9.59 Å². The first kappa shape index (κ1) is 22.4. The van der Waals surface area contributed by atoms with E-state index >= 15 is 0 Å². The van der Waals surface area contributed by atoms with Crippen molar-refractivity contribution in [3.05, 3.63) is 106 Å². The van der Waals surface area contributed by atoms with Crippen molar-refractivity contribution >= 4 is 49.6 Å². The SMILES string of the molecule is O=C1C2Cc3c([nH]c4ccccc34)C(c3cccc(Br)c3)N2C(=O)CN1CCc1c[nH]c2ccccc12. The number of benzene rings is 3. The van der Waals surface area contributed by atoms with Crippen LogP contribution in [0.5, 0.6) is 0 Å². The second-order valence-corrected chi connectivity index (χ2v) is 10.8. The zero-order valence-corrected chi connectivity index (χ0v) is 21.7. The van der Waals surface area contributed by atoms with Gasteiger partial charge in [-0.1, -0.05) is 64.5 Å². The first-order valence-corrected chi connectivity index (χ1v) is 13.4. The summed E-state index contributed by atoms with van der Waals surface area (Å²) < 4.78 is 0.945. The van der Waals surface area contributed by atoms with Crippen LogP contribution in [0.25, 0.3) is 21.8 Å². The highest BCUT2D eigenvalue weighted by molar-refractivity contribution is 9.10. The first-order chi connectivity index (χ1) is 18.1. The van der Waals surface area contributed by atoms with Gasteiger partial charge in [-0.15, -0.1) is 0 Å². The smallest absolute Gasteiger partial charge is 0.246 e. The topological polar surface area (TPSA) is 72.2 Å². The maximum atomic E-state index is 13.9. The summed E-state index contributed by atoms with van der Waals surface area (Å²) in [5, 5.41) is 2.28. The molecule has 0 radical (unpaired) electrons. The van der Waals surface area contributed by atoms with E-state index in [4.69, 9.17) is 0 Å². The Morgan fingerprint density at radius 3 is 2.54 bits per heavy atom. The van der Waals surface area contributed by atoms with Crippen LogP contribution in [-0.2, 0) is 22.4 Å². The van der Waals surface area contributed by atoms with Gasteiger partial charge in [0, 0.05) is 51.1 Å². The third-order valence-electron chi connectivity index (χ3n) is 7.83. The number of H-pyrrole nitrogens is 2. The fourth-order valence-corrected chi connectivity index (χ4v) is 6.55. The largest absolute Gasteiger partial charge is 0.361 e. The van der Waals surface area contributed by atoms with Gasteiger partial charge in [-0.3, -0.25) is 9.59 Å². The van der Waals surface area contributed by atoms with Crippen molar-refractivity contribution in [3.8, 4) is 0 Å². The fourth-order valence-electron chi connectivity index (χ4n) is 6.13. The molecule has 7 rings (SSSR count). The van der Waals surface area contributed by atoms with Crippen LogP contribution in [0.4, 0.5) is 0 Å². The monoisotopic (exact) mass is 552 g/mol. The molecule has 0 spiro atoms. The predicted octanol–water partition coefficient (Wildman–Crippen LogP) is 5.34. The van der Waals surface area contributed by atoms with Crippen LogP contribution in [0.2, 0.25) is 0 Å². The molecule has 1 saturated heterocycles. The Morgan fingerprint density at radius 1 is 0.919 bits per heavy atom. The van der Waals surface area contributed by atoms with Gasteiger partial charge in [0.25, 0.3) is 0 Å². The van der Waals surface area contributed by atoms with Gasteiger partial charge in [0.1, 0.15) is 6.04 Å². The van der Waals surface area contributed by atoms with Crippen molar-refractivity contribution in [2.45, 2.75) is 24.9 Å². The summed E-state index contributed by atoms with van der Waals surface area (Å²) in [7, 11) is 0. The van der Waals surface area contributed by atoms with Gasteiger partial charge in [-0.25, -0.2) is 0 Å². The van der Waals surface area contributed by atoms with Gasteiger partial charge in [0.15, 0.2) is 0 Å². The lowest BCUT2D eigenvalue weighted by atomic mass is 9.86. The number of carbonyl (C=O) groups is 2. The Hall–Kier alpha value is -3.84. The Labute approximate surface area is 222 Å². The number of piperazine rings is 1. The van der Waals surface area contributed by atoms with E-state index in [9.17, 15) is 9.59 Å². The highest BCUT2D eigenvalue weighted by Crippen LogP contribution is 2.43. The quantitative estimate of drug-likeness (QED) is 0.316. The standard InChI is InChI=1S/C30H25BrN4O2/c31-20-7-5-6-18(14-20)29-28-23(22-9-2-4-11-25(22)33-28)15-26-30(37)34(17-27(36)35(26)29)13-12-19-16-32-24-10-3-1-8-21(19)24/h1-11,14,16,26,29,32-33H,12-13,15,17H2. The molecule has 6 nitrogen and oxygen atoms in total. The highest BCUT2D eigenvalue weighted by Gasteiger charge is 2.48. The number of para-hydroxylation sites is 2. The molecule has 0 saturated carbocycles. The Kier molecular flexibility index (Phi) is 5.22. The predicted molar refractivity (Wildman–Crippen MR) is 147 cm³/mol. The number of amides is 2. The minimum Gasteiger partial charge on any atom is -0.361 e. The molecule has 184 valence electrons. The van der Waals surface area contributed by atoms with E-state index < -0.39 is 6.04 Å². The molecule has 2 aromatic heterocycles. The van der Waals surface area contributed by atoms with E-state index in [2.05, 4.69) is 50.2 Å². The number of fused-ring (bicyclic) bond motifs is 5. The van der Waals surface area contributed by atoms with Crippen LogP contribution in [-0.4, -0.2) is 50.7 Å². The molecule has 7 heteroatoms. The number of aromatic nitrogens is 2. The summed E-state index contributed by atoms with van der Waals surface area (Å²) in [5.41, 5.74) is 6.39. The first-order valence-electron chi connectivity index (χ1n) is 12.6. The molecule has 0 aliphatic carbocycles. The lowest BCUT2D eigenvalue weighted by Gasteiger charge is -2.47. The number of hydrogen-bond acceptors (Lipinski definition) is 2.